The summed E-state index contributed by atoms with van der Waals surface area (Å²) < 4.78 is 72.0. The van der Waals surface area contributed by atoms with Gasteiger partial charge in [0.25, 0.3) is 0 Å². The number of benzene rings is 4. The summed E-state index contributed by atoms with van der Waals surface area (Å²) in [6.07, 6.45) is -6.13. The van der Waals surface area contributed by atoms with Crippen LogP contribution in [0.5, 0.6) is 0 Å². The van der Waals surface area contributed by atoms with Gasteiger partial charge in [-0.15, -0.1) is 0 Å². The van der Waals surface area contributed by atoms with E-state index in [2.05, 4.69) is 38.4 Å². The van der Waals surface area contributed by atoms with E-state index in [1.165, 1.54) is 17.3 Å². The number of halogens is 3. The third kappa shape index (κ3) is 12.3. The van der Waals surface area contributed by atoms with Crippen molar-refractivity contribution in [2.75, 3.05) is 5.75 Å². The quantitative estimate of drug-likeness (QED) is 0.0890. The third-order valence-electron chi connectivity index (χ3n) is 10.1. The Labute approximate surface area is 333 Å². The topological polar surface area (TPSA) is 127 Å². The summed E-state index contributed by atoms with van der Waals surface area (Å²) in [5.41, 5.74) is 3.47. The van der Waals surface area contributed by atoms with Gasteiger partial charge in [-0.25, -0.2) is 18.0 Å². The van der Waals surface area contributed by atoms with Crippen molar-refractivity contribution in [3.05, 3.63) is 156 Å². The van der Waals surface area contributed by atoms with E-state index in [9.17, 15) is 36.3 Å². The molecule has 0 spiro atoms. The van der Waals surface area contributed by atoms with E-state index in [0.717, 1.165) is 35.1 Å². The fraction of sp³-hybridized carbons (Fsp3) is 0.318. The molecule has 0 bridgehead atoms. The molecule has 6 rings (SSSR count). The molecule has 0 fully saturated rings. The van der Waals surface area contributed by atoms with Crippen LogP contribution in [-0.2, 0) is 41.7 Å². The zero-order valence-electron chi connectivity index (χ0n) is 32.2. The number of carbonyl (C=O) groups is 2. The Morgan fingerprint density at radius 1 is 0.737 bits per heavy atom. The Hall–Kier alpha value is -4.82. The van der Waals surface area contributed by atoms with Gasteiger partial charge >= 0.3 is 18.1 Å². The molecule has 2 aliphatic carbocycles. The number of esters is 2. The molecule has 57 heavy (non-hydrogen) atoms. The molecule has 4 unspecified atom stereocenters. The Kier molecular flexibility index (Phi) is 15.4. The average molecular weight is 823 g/mol. The predicted molar refractivity (Wildman–Crippen MR) is 216 cm³/mol. The van der Waals surface area contributed by atoms with Crippen molar-refractivity contribution >= 4 is 35.0 Å². The summed E-state index contributed by atoms with van der Waals surface area (Å²) in [6, 6.07) is 33.6. The first kappa shape index (κ1) is 44.9. The van der Waals surface area contributed by atoms with Crippen molar-refractivity contribution in [3.63, 3.8) is 0 Å². The van der Waals surface area contributed by atoms with E-state index in [4.69, 9.17) is 14.6 Å². The number of sulfone groups is 1. The standard InChI is InChI=1S/C19H18O4S.C15H15F3O3.C10H16OSi/c1-14(13-24(21,22)16-8-3-2-4-9-16)19(20)23-18-12-11-15-7-5-6-10-17(15)18;1-9(8-13(19)15(16,17)18)14(20)21-12-7-6-10-4-2-3-5-11(10)12;1-9(11)12(2,3)10-7-5-4-6-8-10/h2-10,18H,1,11-13H2;2-5,12-13,19H,1,6-8H2;4-9,11H,1-3H3. The van der Waals surface area contributed by atoms with Crippen LogP contribution in [0.15, 0.2) is 138 Å². The molecule has 2 N–H and O–H groups in total. The Morgan fingerprint density at radius 2 is 1.16 bits per heavy atom. The van der Waals surface area contributed by atoms with E-state index in [1.807, 2.05) is 73.7 Å². The first-order valence-corrected chi connectivity index (χ1v) is 23.2. The van der Waals surface area contributed by atoms with Gasteiger partial charge in [-0.1, -0.05) is 129 Å². The third-order valence-corrected chi connectivity index (χ3v) is 15.7. The maximum Gasteiger partial charge on any atom is 0.414 e. The van der Waals surface area contributed by atoms with Crippen LogP contribution in [-0.4, -0.2) is 62.4 Å². The highest BCUT2D eigenvalue weighted by molar-refractivity contribution is 7.91. The molecule has 2 aliphatic rings. The molecule has 13 heteroatoms. The normalized spacial score (nSPS) is 16.9. The number of hydrogen-bond donors (Lipinski definition) is 2. The maximum atomic E-state index is 12.3. The van der Waals surface area contributed by atoms with E-state index < -0.39 is 60.4 Å². The van der Waals surface area contributed by atoms with Crippen molar-refractivity contribution < 1.29 is 50.9 Å². The molecule has 304 valence electrons. The van der Waals surface area contributed by atoms with Crippen molar-refractivity contribution in [1.29, 1.82) is 0 Å². The molecule has 0 saturated heterocycles. The van der Waals surface area contributed by atoms with Gasteiger partial charge in [-0.05, 0) is 67.0 Å². The highest BCUT2D eigenvalue weighted by atomic mass is 32.2. The van der Waals surface area contributed by atoms with Crippen LogP contribution in [0.25, 0.3) is 0 Å². The molecule has 0 aromatic heterocycles. The summed E-state index contributed by atoms with van der Waals surface area (Å²) in [6.45, 7) is 13.1. The summed E-state index contributed by atoms with van der Waals surface area (Å²) in [5, 5.41) is 19.8. The minimum atomic E-state index is -4.77. The molecule has 4 aromatic rings. The second kappa shape index (κ2) is 19.6. The Bertz CT molecular complexity index is 2120. The first-order valence-electron chi connectivity index (χ1n) is 18.5. The number of aliphatic hydroxyl groups excluding tert-OH is 2. The maximum absolute atomic E-state index is 12.3. The molecule has 0 saturated carbocycles. The van der Waals surface area contributed by atoms with Crippen LogP contribution in [0.1, 0.15) is 60.6 Å². The predicted octanol–water partition coefficient (Wildman–Crippen LogP) is 7.86. The second-order valence-electron chi connectivity index (χ2n) is 14.6. The molecule has 0 amide bonds. The molecule has 4 aromatic carbocycles. The van der Waals surface area contributed by atoms with E-state index in [-0.39, 0.29) is 27.9 Å². The highest BCUT2D eigenvalue weighted by Gasteiger charge is 2.39. The first-order chi connectivity index (χ1) is 26.8. The molecule has 0 heterocycles. The lowest BCUT2D eigenvalue weighted by molar-refractivity contribution is -0.203. The van der Waals surface area contributed by atoms with Gasteiger partial charge < -0.3 is 19.7 Å². The number of aryl methyl sites for hydroxylation is 2. The summed E-state index contributed by atoms with van der Waals surface area (Å²) in [5.74, 6) is -2.00. The Balaban J connectivity index is 0.000000200. The van der Waals surface area contributed by atoms with Gasteiger partial charge in [0.15, 0.2) is 15.9 Å². The fourth-order valence-corrected chi connectivity index (χ4v) is 9.10. The highest BCUT2D eigenvalue weighted by Crippen LogP contribution is 2.36. The molecule has 0 aliphatic heterocycles. The lowest BCUT2D eigenvalue weighted by Gasteiger charge is -2.25. The number of ether oxygens (including phenoxy) is 2. The Morgan fingerprint density at radius 3 is 1.61 bits per heavy atom. The van der Waals surface area contributed by atoms with Gasteiger partial charge in [-0.2, -0.15) is 13.2 Å². The smallest absolute Gasteiger partial charge is 0.414 e. The number of aliphatic hydroxyl groups is 2. The summed E-state index contributed by atoms with van der Waals surface area (Å²) >= 11 is 0. The number of alkyl halides is 3. The lowest BCUT2D eigenvalue weighted by Crippen LogP contribution is -2.51. The zero-order valence-corrected chi connectivity index (χ0v) is 34.1. The molecular weight excluding hydrogens is 774 g/mol. The lowest BCUT2D eigenvalue weighted by atomic mass is 10.1. The van der Waals surface area contributed by atoms with Gasteiger partial charge in [0.2, 0.25) is 0 Å². The monoisotopic (exact) mass is 822 g/mol. The van der Waals surface area contributed by atoms with Crippen molar-refractivity contribution in [1.82, 2.24) is 0 Å². The van der Waals surface area contributed by atoms with Gasteiger partial charge in [0, 0.05) is 23.3 Å². The summed E-state index contributed by atoms with van der Waals surface area (Å²) in [7, 11) is -5.20. The molecular formula is C44H49F3O8SSi. The molecule has 0 radical (unpaired) electrons. The van der Waals surface area contributed by atoms with E-state index in [1.54, 1.807) is 18.2 Å². The number of rotatable bonds is 11. The van der Waals surface area contributed by atoms with Crippen molar-refractivity contribution in [3.8, 4) is 0 Å². The van der Waals surface area contributed by atoms with E-state index >= 15 is 0 Å². The second-order valence-corrected chi connectivity index (χ2v) is 21.4. The minimum Gasteiger partial charge on any atom is -0.454 e. The average Bonchev–Trinajstić information content (AvgIpc) is 3.79. The minimum absolute atomic E-state index is 0.0526. The van der Waals surface area contributed by atoms with Gasteiger partial charge in [0.1, 0.15) is 20.3 Å². The fourth-order valence-electron chi connectivity index (χ4n) is 6.25. The zero-order chi connectivity index (χ0) is 42.0. The molecule has 8 nitrogen and oxygen atoms in total. The summed E-state index contributed by atoms with van der Waals surface area (Å²) in [4.78, 5) is 24.2. The van der Waals surface area contributed by atoms with Crippen LogP contribution < -0.4 is 5.19 Å². The number of hydrogen-bond acceptors (Lipinski definition) is 8. The largest absolute Gasteiger partial charge is 0.454 e. The van der Waals surface area contributed by atoms with Crippen LogP contribution in [0.4, 0.5) is 13.2 Å². The number of fused-ring (bicyclic) bond motifs is 2. The van der Waals surface area contributed by atoms with Gasteiger partial charge in [0.05, 0.1) is 10.6 Å². The van der Waals surface area contributed by atoms with E-state index in [0.29, 0.717) is 12.8 Å². The van der Waals surface area contributed by atoms with Crippen molar-refractivity contribution in [2.45, 2.75) is 87.2 Å². The SMILES string of the molecule is C=C(CC(O)C(F)(F)F)C(=O)OC1CCc2ccccc21.C=C(CS(=O)(=O)c1ccccc1)C(=O)OC1CCc2ccccc21.CC(O)[Si](C)(C)c1ccccc1. The number of carbonyl (C=O) groups excluding carboxylic acids is 2. The van der Waals surface area contributed by atoms with Crippen LogP contribution >= 0.6 is 0 Å². The van der Waals surface area contributed by atoms with Crippen LogP contribution in [0.2, 0.25) is 13.1 Å². The van der Waals surface area contributed by atoms with Crippen LogP contribution in [0, 0.1) is 0 Å². The van der Waals surface area contributed by atoms with Crippen molar-refractivity contribution in [2.24, 2.45) is 0 Å². The molecule has 4 atom stereocenters. The van der Waals surface area contributed by atoms with Gasteiger partial charge in [-0.3, -0.25) is 0 Å². The van der Waals surface area contributed by atoms with Crippen LogP contribution in [0.3, 0.4) is 0 Å².